The molecule has 0 saturated carbocycles. The van der Waals surface area contributed by atoms with Crippen LogP contribution in [-0.2, 0) is 22.3 Å². The Bertz CT molecular complexity index is 1620. The number of ether oxygens (including phenoxy) is 2. The summed E-state index contributed by atoms with van der Waals surface area (Å²) in [7, 11) is 0. The van der Waals surface area contributed by atoms with Gasteiger partial charge in [-0.15, -0.1) is 0 Å². The van der Waals surface area contributed by atoms with E-state index in [4.69, 9.17) is 9.47 Å². The summed E-state index contributed by atoms with van der Waals surface area (Å²) < 4.78 is 11.0. The van der Waals surface area contributed by atoms with Crippen LogP contribution in [0.1, 0.15) is 44.7 Å². The van der Waals surface area contributed by atoms with Gasteiger partial charge in [0.2, 0.25) is 0 Å². The number of esters is 2. The first-order valence-electron chi connectivity index (χ1n) is 14.3. The molecule has 0 aliphatic heterocycles. The minimum Gasteiger partial charge on any atom is -0.508 e. The van der Waals surface area contributed by atoms with Crippen molar-refractivity contribution in [2.75, 3.05) is 13.2 Å². The van der Waals surface area contributed by atoms with E-state index in [0.717, 1.165) is 36.4 Å². The highest BCUT2D eigenvalue weighted by Crippen LogP contribution is 2.32. The van der Waals surface area contributed by atoms with Gasteiger partial charge in [-0.2, -0.15) is 0 Å². The number of aromatic hydroxyl groups is 8. The molecule has 0 amide bonds. The molecule has 242 valence electrons. The van der Waals surface area contributed by atoms with E-state index < -0.39 is 17.9 Å². The van der Waals surface area contributed by atoms with E-state index in [1.54, 1.807) is 0 Å². The summed E-state index contributed by atoms with van der Waals surface area (Å²) in [6.07, 6.45) is 1.13. The molecule has 0 fully saturated rings. The quantitative estimate of drug-likeness (QED) is 0.0732. The summed E-state index contributed by atoms with van der Waals surface area (Å²) in [6.45, 7) is -0.247. The van der Waals surface area contributed by atoms with Gasteiger partial charge in [-0.3, -0.25) is 0 Å². The molecule has 4 rings (SSSR count). The van der Waals surface area contributed by atoms with Crippen LogP contribution in [0.15, 0.2) is 72.8 Å². The number of hydrogen-bond donors (Lipinski definition) is 8. The number of rotatable bonds is 13. The molecule has 8 N–H and O–H groups in total. The standard InChI is InChI=1S/C34H34O12/c35-25-6-19(7-26(36)14-25)4-21(2-1-3-45-33(43)22-10-29(39)16-30(40)11-22)24(5-20-8-27(37)15-28(38)9-20)18-46-34(44)23-12-31(41)17-32(42)13-23/h6-17,21,24,35-42H,1-5,18H2/t21-,24+/m1/s1. The van der Waals surface area contributed by atoms with Crippen molar-refractivity contribution >= 4 is 11.9 Å². The fraction of sp³-hybridized carbons (Fsp3) is 0.235. The molecule has 0 bridgehead atoms. The van der Waals surface area contributed by atoms with Gasteiger partial charge in [-0.1, -0.05) is 0 Å². The van der Waals surface area contributed by atoms with E-state index in [9.17, 15) is 50.4 Å². The molecule has 0 aliphatic carbocycles. The Balaban J connectivity index is 1.57. The van der Waals surface area contributed by atoms with E-state index in [0.29, 0.717) is 24.0 Å². The minimum absolute atomic E-state index is 0.0456. The Labute approximate surface area is 263 Å². The smallest absolute Gasteiger partial charge is 0.338 e. The molecule has 0 aliphatic rings. The zero-order chi connectivity index (χ0) is 33.4. The van der Waals surface area contributed by atoms with E-state index in [-0.39, 0.29) is 89.1 Å². The van der Waals surface area contributed by atoms with Crippen LogP contribution in [-0.4, -0.2) is 66.0 Å². The summed E-state index contributed by atoms with van der Waals surface area (Å²) >= 11 is 0. The molecule has 0 aromatic heterocycles. The van der Waals surface area contributed by atoms with Crippen LogP contribution in [0.4, 0.5) is 0 Å². The van der Waals surface area contributed by atoms with E-state index in [2.05, 4.69) is 0 Å². The van der Waals surface area contributed by atoms with Crippen LogP contribution in [0.5, 0.6) is 46.0 Å². The molecule has 0 heterocycles. The van der Waals surface area contributed by atoms with Crippen molar-refractivity contribution in [2.24, 2.45) is 11.8 Å². The van der Waals surface area contributed by atoms with Crippen molar-refractivity contribution in [2.45, 2.75) is 25.7 Å². The maximum absolute atomic E-state index is 12.9. The Morgan fingerprint density at radius 3 is 1.24 bits per heavy atom. The largest absolute Gasteiger partial charge is 0.508 e. The summed E-state index contributed by atoms with van der Waals surface area (Å²) in [4.78, 5) is 25.4. The topological polar surface area (TPSA) is 214 Å². The van der Waals surface area contributed by atoms with Crippen molar-refractivity contribution in [1.82, 2.24) is 0 Å². The number of benzene rings is 4. The third-order valence-electron chi connectivity index (χ3n) is 7.24. The van der Waals surface area contributed by atoms with Crippen LogP contribution >= 0.6 is 0 Å². The van der Waals surface area contributed by atoms with Gasteiger partial charge in [0.1, 0.15) is 46.0 Å². The molecule has 4 aromatic rings. The number of carbonyl (C=O) groups excluding carboxylic acids is 2. The van der Waals surface area contributed by atoms with Gasteiger partial charge in [0.05, 0.1) is 24.3 Å². The lowest BCUT2D eigenvalue weighted by molar-refractivity contribution is 0.0361. The minimum atomic E-state index is -0.827. The summed E-state index contributed by atoms with van der Waals surface area (Å²) in [5, 5.41) is 79.3. The maximum Gasteiger partial charge on any atom is 0.338 e. The number of carbonyl (C=O) groups is 2. The lowest BCUT2D eigenvalue weighted by atomic mass is 9.80. The number of phenols is 8. The van der Waals surface area contributed by atoms with E-state index in [1.165, 1.54) is 36.4 Å². The highest BCUT2D eigenvalue weighted by molar-refractivity contribution is 5.91. The second-order valence-corrected chi connectivity index (χ2v) is 11.0. The fourth-order valence-corrected chi connectivity index (χ4v) is 5.31. The van der Waals surface area contributed by atoms with Crippen LogP contribution in [0.2, 0.25) is 0 Å². The average molecular weight is 635 g/mol. The summed E-state index contributed by atoms with van der Waals surface area (Å²) in [6, 6.07) is 14.9. The molecule has 0 saturated heterocycles. The van der Waals surface area contributed by atoms with Gasteiger partial charge in [0, 0.05) is 30.2 Å². The van der Waals surface area contributed by atoms with Crippen molar-refractivity contribution in [3.05, 3.63) is 95.1 Å². The second kappa shape index (κ2) is 14.8. The van der Waals surface area contributed by atoms with Gasteiger partial charge in [-0.05, 0) is 91.3 Å². The Morgan fingerprint density at radius 1 is 0.478 bits per heavy atom. The van der Waals surface area contributed by atoms with Crippen molar-refractivity contribution in [1.29, 1.82) is 0 Å². The molecule has 0 unspecified atom stereocenters. The first kappa shape index (κ1) is 33.1. The zero-order valence-corrected chi connectivity index (χ0v) is 24.5. The maximum atomic E-state index is 12.9. The second-order valence-electron chi connectivity index (χ2n) is 11.0. The Morgan fingerprint density at radius 2 is 0.826 bits per heavy atom. The highest BCUT2D eigenvalue weighted by atomic mass is 16.5. The van der Waals surface area contributed by atoms with Gasteiger partial charge < -0.3 is 50.3 Å². The van der Waals surface area contributed by atoms with Crippen molar-refractivity contribution < 1.29 is 59.9 Å². The van der Waals surface area contributed by atoms with Crippen molar-refractivity contribution in [3.8, 4) is 46.0 Å². The van der Waals surface area contributed by atoms with E-state index in [1.807, 2.05) is 0 Å². The Kier molecular flexibility index (Phi) is 10.7. The van der Waals surface area contributed by atoms with Crippen LogP contribution < -0.4 is 0 Å². The normalized spacial score (nSPS) is 12.3. The fourth-order valence-electron chi connectivity index (χ4n) is 5.31. The van der Waals surface area contributed by atoms with Crippen LogP contribution in [0.3, 0.4) is 0 Å². The molecule has 0 radical (unpaired) electrons. The third-order valence-corrected chi connectivity index (χ3v) is 7.24. The molecule has 12 nitrogen and oxygen atoms in total. The predicted molar refractivity (Wildman–Crippen MR) is 163 cm³/mol. The lowest BCUT2D eigenvalue weighted by Gasteiger charge is -2.28. The molecule has 12 heteroatoms. The summed E-state index contributed by atoms with van der Waals surface area (Å²) in [5.41, 5.74) is 0.941. The molecular weight excluding hydrogens is 600 g/mol. The van der Waals surface area contributed by atoms with E-state index >= 15 is 0 Å². The predicted octanol–water partition coefficient (Wildman–Crippen LogP) is 4.84. The monoisotopic (exact) mass is 634 g/mol. The highest BCUT2D eigenvalue weighted by Gasteiger charge is 2.26. The van der Waals surface area contributed by atoms with Gasteiger partial charge in [-0.25, -0.2) is 9.59 Å². The van der Waals surface area contributed by atoms with Crippen LogP contribution in [0.25, 0.3) is 0 Å². The Hall–Kier alpha value is -5.78. The third kappa shape index (κ3) is 9.61. The molecule has 2 atom stereocenters. The van der Waals surface area contributed by atoms with Gasteiger partial charge >= 0.3 is 11.9 Å². The molecular formula is C34H34O12. The lowest BCUT2D eigenvalue weighted by Crippen LogP contribution is -2.26. The summed E-state index contributed by atoms with van der Waals surface area (Å²) in [5.74, 6) is -4.44. The van der Waals surface area contributed by atoms with Crippen LogP contribution in [0, 0.1) is 11.8 Å². The average Bonchev–Trinajstić information content (AvgIpc) is 2.94. The number of phenolic OH excluding ortho intramolecular Hbond substituents is 8. The SMILES string of the molecule is O=C(OCCC[C@H](Cc1cc(O)cc(O)c1)[C@H](COC(=O)c1cc(O)cc(O)c1)Cc1cc(O)cc(O)c1)c1cc(O)cc(O)c1. The first-order valence-corrected chi connectivity index (χ1v) is 14.3. The number of hydrogen-bond acceptors (Lipinski definition) is 12. The molecule has 0 spiro atoms. The first-order chi connectivity index (χ1) is 21.8. The van der Waals surface area contributed by atoms with Gasteiger partial charge in [0.25, 0.3) is 0 Å². The zero-order valence-electron chi connectivity index (χ0n) is 24.5. The van der Waals surface area contributed by atoms with Crippen molar-refractivity contribution in [3.63, 3.8) is 0 Å². The molecule has 46 heavy (non-hydrogen) atoms. The van der Waals surface area contributed by atoms with Gasteiger partial charge in [0.15, 0.2) is 0 Å². The molecule has 4 aromatic carbocycles.